The number of rotatable bonds is 12. The van der Waals surface area contributed by atoms with E-state index in [9.17, 15) is 34.1 Å². The molecule has 254 valence electrons. The fourth-order valence-electron chi connectivity index (χ4n) is 5.53. The number of fused-ring (bicyclic) bond motifs is 2. The van der Waals surface area contributed by atoms with Crippen LogP contribution in [-0.2, 0) is 32.4 Å². The molecule has 0 saturated carbocycles. The molecule has 0 spiro atoms. The van der Waals surface area contributed by atoms with Crippen molar-refractivity contribution in [3.05, 3.63) is 33.4 Å². The van der Waals surface area contributed by atoms with Gasteiger partial charge in [0.05, 0.1) is 32.0 Å². The Morgan fingerprint density at radius 2 is 1.55 bits per heavy atom. The fourth-order valence-corrected chi connectivity index (χ4v) is 7.25. The highest BCUT2D eigenvalue weighted by atomic mass is 32.7. The van der Waals surface area contributed by atoms with E-state index in [2.05, 4.69) is 42.2 Å². The largest absolute Gasteiger partial charge is 0.390 e. The number of nitrogen functional groups attached to an aromatic ring is 2. The first-order valence-electron chi connectivity index (χ1n) is 13.6. The summed E-state index contributed by atoms with van der Waals surface area (Å²) in [6.07, 6.45) is -6.25. The molecule has 6 rings (SSSR count). The number of hydrogen-bond donors (Lipinski definition) is 8. The SMILES string of the molecule is Nc1nc2c(ncn2[C@@H]2O[C@H](COPO)[C@@H](O[P@](=O)(S)OC[C@H]3O[C@@H](n4cnc5c(=O)[nH]c(N)nc54)[C@H](CC=O)[C@@H]3O)[C@H]2O)c(=O)[nH]1. The van der Waals surface area contributed by atoms with Gasteiger partial charge in [0, 0.05) is 12.3 Å². The third-order valence-corrected chi connectivity index (χ3v) is 9.51. The van der Waals surface area contributed by atoms with E-state index >= 15 is 0 Å². The van der Waals surface area contributed by atoms with Crippen molar-refractivity contribution in [3.8, 4) is 0 Å². The first-order chi connectivity index (χ1) is 22.4. The van der Waals surface area contributed by atoms with Gasteiger partial charge in [0.15, 0.2) is 37.6 Å². The van der Waals surface area contributed by atoms with Crippen molar-refractivity contribution in [2.45, 2.75) is 49.4 Å². The maximum Gasteiger partial charge on any atom is 0.386 e. The van der Waals surface area contributed by atoms with Gasteiger partial charge < -0.3 is 45.4 Å². The van der Waals surface area contributed by atoms with Crippen molar-refractivity contribution in [2.75, 3.05) is 24.7 Å². The molecule has 0 radical (unpaired) electrons. The molecule has 22 nitrogen and oxygen atoms in total. The predicted octanol–water partition coefficient (Wildman–Crippen LogP) is -1.90. The number of nitrogens with one attached hydrogen (secondary N) is 2. The predicted molar refractivity (Wildman–Crippen MR) is 163 cm³/mol. The molecule has 47 heavy (non-hydrogen) atoms. The van der Waals surface area contributed by atoms with Crippen LogP contribution in [0.4, 0.5) is 11.9 Å². The first-order valence-corrected chi connectivity index (χ1v) is 17.2. The lowest BCUT2D eigenvalue weighted by molar-refractivity contribution is -0.110. The van der Waals surface area contributed by atoms with E-state index in [1.54, 1.807) is 0 Å². The van der Waals surface area contributed by atoms with Gasteiger partial charge in [0.25, 0.3) is 11.1 Å². The number of aldehydes is 1. The van der Waals surface area contributed by atoms with Crippen molar-refractivity contribution in [3.63, 3.8) is 0 Å². The zero-order valence-electron chi connectivity index (χ0n) is 23.7. The van der Waals surface area contributed by atoms with Crippen LogP contribution >= 0.6 is 28.1 Å². The molecule has 10 atom stereocenters. The average molecular weight is 719 g/mol. The molecule has 2 saturated heterocycles. The lowest BCUT2D eigenvalue weighted by Gasteiger charge is -2.24. The highest BCUT2D eigenvalue weighted by Crippen LogP contribution is 2.57. The maximum atomic E-state index is 13.5. The van der Waals surface area contributed by atoms with E-state index in [0.717, 1.165) is 0 Å². The lowest BCUT2D eigenvalue weighted by Crippen LogP contribution is -2.36. The number of H-pyrrole nitrogens is 2. The van der Waals surface area contributed by atoms with Gasteiger partial charge >= 0.3 is 6.80 Å². The number of nitrogens with two attached hydrogens (primary N) is 2. The Hall–Kier alpha value is -3.34. The fraction of sp³-hybridized carbons (Fsp3) is 0.500. The summed E-state index contributed by atoms with van der Waals surface area (Å²) in [5.74, 6) is -1.28. The Labute approximate surface area is 268 Å². The molecule has 4 aromatic heterocycles. The zero-order chi connectivity index (χ0) is 33.6. The van der Waals surface area contributed by atoms with Crippen LogP contribution in [0.3, 0.4) is 0 Å². The molecular weight excluding hydrogens is 690 g/mol. The third-order valence-electron chi connectivity index (χ3n) is 7.60. The summed E-state index contributed by atoms with van der Waals surface area (Å²) in [5.41, 5.74) is 9.97. The third kappa shape index (κ3) is 6.44. The van der Waals surface area contributed by atoms with Gasteiger partial charge in [-0.1, -0.05) is 12.2 Å². The Balaban J connectivity index is 1.19. The van der Waals surface area contributed by atoms with Crippen LogP contribution in [-0.4, -0.2) is 104 Å². The van der Waals surface area contributed by atoms with Gasteiger partial charge in [0.2, 0.25) is 11.9 Å². The number of aromatic amines is 2. The minimum Gasteiger partial charge on any atom is -0.390 e. The van der Waals surface area contributed by atoms with Crippen LogP contribution in [0.15, 0.2) is 22.2 Å². The smallest absolute Gasteiger partial charge is 0.386 e. The number of nitrogens with zero attached hydrogens (tertiary/aromatic N) is 6. The van der Waals surface area contributed by atoms with Gasteiger partial charge in [-0.3, -0.25) is 37.7 Å². The van der Waals surface area contributed by atoms with Gasteiger partial charge in [-0.25, -0.2) is 14.5 Å². The van der Waals surface area contributed by atoms with Gasteiger partial charge in [-0.15, -0.1) is 0 Å². The number of aliphatic hydroxyl groups excluding tert-OH is 2. The average Bonchev–Trinajstić information content (AvgIpc) is 3.77. The molecule has 0 amide bonds. The van der Waals surface area contributed by atoms with E-state index in [-0.39, 0.29) is 47.3 Å². The summed E-state index contributed by atoms with van der Waals surface area (Å²) in [7, 11) is -0.958. The number of anilines is 2. The van der Waals surface area contributed by atoms with Crippen molar-refractivity contribution in [1.29, 1.82) is 0 Å². The maximum absolute atomic E-state index is 13.5. The summed E-state index contributed by atoms with van der Waals surface area (Å²) < 4.78 is 44.0. The highest BCUT2D eigenvalue weighted by Gasteiger charge is 2.50. The van der Waals surface area contributed by atoms with E-state index < -0.39 is 82.5 Å². The Morgan fingerprint density at radius 3 is 2.13 bits per heavy atom. The Kier molecular flexibility index (Phi) is 9.48. The molecule has 0 bridgehead atoms. The van der Waals surface area contributed by atoms with Crippen LogP contribution in [0.5, 0.6) is 0 Å². The van der Waals surface area contributed by atoms with E-state index in [4.69, 9.17) is 34.5 Å². The summed E-state index contributed by atoms with van der Waals surface area (Å²) in [4.78, 5) is 65.9. The summed E-state index contributed by atoms with van der Waals surface area (Å²) in [6.45, 7) is -5.29. The number of carbonyl (C=O) groups excluding carboxylic acids is 1. The van der Waals surface area contributed by atoms with Gasteiger partial charge in [-0.05, 0) is 0 Å². The minimum atomic E-state index is -4.39. The van der Waals surface area contributed by atoms with Gasteiger partial charge in [0.1, 0.15) is 36.9 Å². The Bertz CT molecular complexity index is 1950. The number of ether oxygens (including phenoxy) is 2. The molecule has 6 heterocycles. The molecule has 2 aliphatic heterocycles. The second-order valence-corrected chi connectivity index (χ2v) is 13.8. The van der Waals surface area contributed by atoms with E-state index in [1.165, 1.54) is 21.8 Å². The summed E-state index contributed by atoms with van der Waals surface area (Å²) in [6, 6.07) is 0. The molecule has 2 fully saturated rings. The molecule has 1 unspecified atom stereocenters. The van der Waals surface area contributed by atoms with Crippen LogP contribution in [0.2, 0.25) is 0 Å². The van der Waals surface area contributed by atoms with E-state index in [0.29, 0.717) is 6.29 Å². The summed E-state index contributed by atoms with van der Waals surface area (Å²) >= 11 is 4.04. The molecule has 4 aromatic rings. The molecule has 2 aliphatic rings. The number of aliphatic hydroxyl groups is 2. The standard InChI is InChI=1S/C22H28N10O12P2S/c23-21-27-15-10(17(36)29-21)25-5-31(15)19-7(1-2-33)12(34)8(42-19)4-41-46(39,47)44-14-9(3-40-45-38)43-20(13(14)35)32-6-26-11-16(32)28-22(24)30-18(11)37/h2,5-9,12-14,19-20,34-35,38,45H,1,3-4H2,(H,39,47)(H3,23,27,29,36)(H3,24,28,30,37)/t7-,8-,9-,12+,13-,14-,19-,20-,46-/m1/s1. The van der Waals surface area contributed by atoms with E-state index in [1.807, 2.05) is 0 Å². The van der Waals surface area contributed by atoms with Crippen molar-refractivity contribution in [1.82, 2.24) is 39.0 Å². The second-order valence-electron chi connectivity index (χ2n) is 10.5. The molecule has 25 heteroatoms. The van der Waals surface area contributed by atoms with Crippen molar-refractivity contribution in [2.24, 2.45) is 5.92 Å². The summed E-state index contributed by atoms with van der Waals surface area (Å²) in [5, 5.41) is 22.3. The molecule has 9 N–H and O–H groups in total. The van der Waals surface area contributed by atoms with Crippen molar-refractivity contribution < 1.29 is 47.5 Å². The monoisotopic (exact) mass is 718 g/mol. The number of thiol groups is 1. The number of aromatic nitrogens is 8. The highest BCUT2D eigenvalue weighted by molar-refractivity contribution is 8.44. The first kappa shape index (κ1) is 33.6. The van der Waals surface area contributed by atoms with Crippen molar-refractivity contribution >= 4 is 68.6 Å². The van der Waals surface area contributed by atoms with Crippen LogP contribution in [0.25, 0.3) is 22.3 Å². The normalized spacial score (nSPS) is 29.4. The quantitative estimate of drug-likeness (QED) is 0.0450. The minimum absolute atomic E-state index is 0.0232. The molecular formula is C22H28N10O12P2S. The molecule has 0 aromatic carbocycles. The van der Waals surface area contributed by atoms with Crippen LogP contribution < -0.4 is 22.6 Å². The second kappa shape index (κ2) is 13.3. The van der Waals surface area contributed by atoms with Crippen LogP contribution in [0.1, 0.15) is 18.9 Å². The topological polar surface area (TPSA) is 320 Å². The van der Waals surface area contributed by atoms with Crippen LogP contribution in [0, 0.1) is 5.92 Å². The lowest BCUT2D eigenvalue weighted by atomic mass is 9.97. The Morgan fingerprint density at radius 1 is 0.979 bits per heavy atom. The van der Waals surface area contributed by atoms with Gasteiger partial charge in [-0.2, -0.15) is 9.97 Å². The number of hydrogen-bond acceptors (Lipinski definition) is 18. The number of carbonyl (C=O) groups is 1. The number of imidazole rings is 2. The molecule has 0 aliphatic carbocycles. The zero-order valence-corrected chi connectivity index (χ0v) is 26.5.